The van der Waals surface area contributed by atoms with Crippen LogP contribution in [0.5, 0.6) is 0 Å². The van der Waals surface area contributed by atoms with Crippen LogP contribution < -0.4 is 5.32 Å². The van der Waals surface area contributed by atoms with E-state index >= 15 is 0 Å². The first kappa shape index (κ1) is 12.2. The summed E-state index contributed by atoms with van der Waals surface area (Å²) in [5.74, 6) is 0. The van der Waals surface area contributed by atoms with Crippen LogP contribution in [0.2, 0.25) is 0 Å². The summed E-state index contributed by atoms with van der Waals surface area (Å²) in [7, 11) is 0. The van der Waals surface area contributed by atoms with E-state index in [0.717, 1.165) is 32.4 Å². The van der Waals surface area contributed by atoms with Crippen molar-refractivity contribution < 1.29 is 8.78 Å². The summed E-state index contributed by atoms with van der Waals surface area (Å²) in [6, 6.07) is 0.279. The summed E-state index contributed by atoms with van der Waals surface area (Å²) >= 11 is 0. The third-order valence-corrected chi connectivity index (χ3v) is 4.12. The highest BCUT2D eigenvalue weighted by atomic mass is 19.3. The highest BCUT2D eigenvalue weighted by Gasteiger charge is 2.38. The van der Waals surface area contributed by atoms with Crippen LogP contribution in [0.15, 0.2) is 0 Å². The minimum absolute atomic E-state index is 0.0649. The van der Waals surface area contributed by atoms with Crippen LogP contribution in [0, 0.1) is 0 Å². The molecule has 1 spiro atoms. The van der Waals surface area contributed by atoms with E-state index in [1.54, 1.807) is 0 Å². The van der Waals surface area contributed by atoms with Gasteiger partial charge in [-0.2, -0.15) is 0 Å². The first-order valence-corrected chi connectivity index (χ1v) is 6.39. The Morgan fingerprint density at radius 2 is 2.06 bits per heavy atom. The molecule has 0 aromatic carbocycles. The van der Waals surface area contributed by atoms with Crippen LogP contribution in [-0.4, -0.2) is 42.5 Å². The minimum Gasteiger partial charge on any atom is -0.310 e. The van der Waals surface area contributed by atoms with Gasteiger partial charge in [0.15, 0.2) is 0 Å². The van der Waals surface area contributed by atoms with Gasteiger partial charge in [0, 0.05) is 18.1 Å². The van der Waals surface area contributed by atoms with Gasteiger partial charge in [0.2, 0.25) is 0 Å². The van der Waals surface area contributed by atoms with Crippen molar-refractivity contribution in [3.8, 4) is 0 Å². The quantitative estimate of drug-likeness (QED) is 0.785. The molecular formula is C12H22F2N2. The molecule has 0 aromatic heterocycles. The molecule has 0 amide bonds. The van der Waals surface area contributed by atoms with E-state index < -0.39 is 6.43 Å². The monoisotopic (exact) mass is 232 g/mol. The smallest absolute Gasteiger partial charge is 0.251 e. The number of alkyl halides is 2. The zero-order chi connectivity index (χ0) is 11.6. The van der Waals surface area contributed by atoms with Gasteiger partial charge < -0.3 is 5.32 Å². The lowest BCUT2D eigenvalue weighted by Crippen LogP contribution is -2.51. The first-order chi connectivity index (χ1) is 7.61. The number of nitrogens with zero attached hydrogens (tertiary/aromatic N) is 1. The van der Waals surface area contributed by atoms with Gasteiger partial charge in [-0.3, -0.25) is 4.90 Å². The molecule has 0 bridgehead atoms. The maximum Gasteiger partial charge on any atom is 0.251 e. The molecule has 1 saturated heterocycles. The van der Waals surface area contributed by atoms with E-state index in [0.29, 0.717) is 0 Å². The van der Waals surface area contributed by atoms with E-state index in [2.05, 4.69) is 12.2 Å². The van der Waals surface area contributed by atoms with E-state index in [1.165, 1.54) is 12.8 Å². The zero-order valence-electron chi connectivity index (χ0n) is 10.0. The second kappa shape index (κ2) is 4.96. The molecule has 2 rings (SSSR count). The number of rotatable bonds is 2. The van der Waals surface area contributed by atoms with Crippen molar-refractivity contribution in [1.29, 1.82) is 0 Å². The average molecular weight is 232 g/mol. The highest BCUT2D eigenvalue weighted by Crippen LogP contribution is 2.32. The fourth-order valence-electron chi connectivity index (χ4n) is 3.14. The van der Waals surface area contributed by atoms with Crippen molar-refractivity contribution in [2.24, 2.45) is 0 Å². The predicted octanol–water partition coefficient (Wildman–Crippen LogP) is 2.25. The number of halogens is 2. The first-order valence-electron chi connectivity index (χ1n) is 6.39. The van der Waals surface area contributed by atoms with Crippen LogP contribution in [-0.2, 0) is 0 Å². The fourth-order valence-corrected chi connectivity index (χ4v) is 3.14. The van der Waals surface area contributed by atoms with Crippen molar-refractivity contribution in [2.75, 3.05) is 19.6 Å². The Labute approximate surface area is 96.4 Å². The number of hydrogen-bond donors (Lipinski definition) is 1. The van der Waals surface area contributed by atoms with E-state index in [4.69, 9.17) is 0 Å². The molecule has 0 radical (unpaired) electrons. The van der Waals surface area contributed by atoms with Gasteiger partial charge in [-0.05, 0) is 32.7 Å². The van der Waals surface area contributed by atoms with Gasteiger partial charge in [-0.1, -0.05) is 12.8 Å². The van der Waals surface area contributed by atoms with E-state index in [1.807, 2.05) is 4.90 Å². The van der Waals surface area contributed by atoms with Crippen molar-refractivity contribution in [1.82, 2.24) is 10.2 Å². The SMILES string of the molecule is CC1CCNC2(CCCC2)CN1CC(F)F. The predicted molar refractivity (Wildman–Crippen MR) is 60.9 cm³/mol. The summed E-state index contributed by atoms with van der Waals surface area (Å²) in [4.78, 5) is 1.98. The van der Waals surface area contributed by atoms with Crippen molar-refractivity contribution in [3.05, 3.63) is 0 Å². The molecule has 2 nitrogen and oxygen atoms in total. The molecule has 1 unspecified atom stereocenters. The Morgan fingerprint density at radius 1 is 1.38 bits per heavy atom. The van der Waals surface area contributed by atoms with E-state index in [9.17, 15) is 8.78 Å². The summed E-state index contributed by atoms with van der Waals surface area (Å²) in [6.45, 7) is 3.78. The third-order valence-electron chi connectivity index (χ3n) is 4.12. The van der Waals surface area contributed by atoms with E-state index in [-0.39, 0.29) is 18.1 Å². The van der Waals surface area contributed by atoms with Crippen LogP contribution >= 0.6 is 0 Å². The lowest BCUT2D eigenvalue weighted by molar-refractivity contribution is 0.0592. The largest absolute Gasteiger partial charge is 0.310 e. The molecule has 1 heterocycles. The van der Waals surface area contributed by atoms with Gasteiger partial charge in [-0.15, -0.1) is 0 Å². The van der Waals surface area contributed by atoms with Crippen molar-refractivity contribution in [2.45, 2.75) is 57.0 Å². The second-order valence-corrected chi connectivity index (χ2v) is 5.37. The maximum atomic E-state index is 12.5. The van der Waals surface area contributed by atoms with Crippen LogP contribution in [0.4, 0.5) is 8.78 Å². The molecule has 1 N–H and O–H groups in total. The van der Waals surface area contributed by atoms with Gasteiger partial charge >= 0.3 is 0 Å². The van der Waals surface area contributed by atoms with Gasteiger partial charge in [-0.25, -0.2) is 8.78 Å². The lowest BCUT2D eigenvalue weighted by Gasteiger charge is -2.35. The Hall–Kier alpha value is -0.220. The molecule has 1 atom stereocenters. The molecule has 4 heteroatoms. The van der Waals surface area contributed by atoms with Crippen LogP contribution in [0.1, 0.15) is 39.0 Å². The molecular weight excluding hydrogens is 210 g/mol. The zero-order valence-corrected chi connectivity index (χ0v) is 10.0. The summed E-state index contributed by atoms with van der Waals surface area (Å²) in [6.07, 6.45) is 3.56. The molecule has 2 fully saturated rings. The van der Waals surface area contributed by atoms with Crippen molar-refractivity contribution in [3.63, 3.8) is 0 Å². The Balaban J connectivity index is 2.03. The summed E-state index contributed by atoms with van der Waals surface area (Å²) in [5.41, 5.74) is 0.139. The van der Waals surface area contributed by atoms with Crippen LogP contribution in [0.25, 0.3) is 0 Å². The Kier molecular flexibility index (Phi) is 3.80. The summed E-state index contributed by atoms with van der Waals surface area (Å²) < 4.78 is 25.1. The normalized spacial score (nSPS) is 31.1. The fraction of sp³-hybridized carbons (Fsp3) is 1.00. The maximum absolute atomic E-state index is 12.5. The molecule has 1 aliphatic heterocycles. The second-order valence-electron chi connectivity index (χ2n) is 5.37. The number of hydrogen-bond acceptors (Lipinski definition) is 2. The third kappa shape index (κ3) is 2.72. The Morgan fingerprint density at radius 3 is 2.69 bits per heavy atom. The van der Waals surface area contributed by atoms with Crippen LogP contribution in [0.3, 0.4) is 0 Å². The average Bonchev–Trinajstić information content (AvgIpc) is 2.59. The topological polar surface area (TPSA) is 15.3 Å². The Bertz CT molecular complexity index is 227. The molecule has 16 heavy (non-hydrogen) atoms. The molecule has 0 aromatic rings. The van der Waals surface area contributed by atoms with Crippen molar-refractivity contribution >= 4 is 0 Å². The summed E-state index contributed by atoms with van der Waals surface area (Å²) in [5, 5.41) is 3.60. The van der Waals surface area contributed by atoms with Gasteiger partial charge in [0.25, 0.3) is 6.43 Å². The molecule has 1 aliphatic carbocycles. The highest BCUT2D eigenvalue weighted by molar-refractivity contribution is 4.98. The lowest BCUT2D eigenvalue weighted by atomic mass is 9.97. The molecule has 94 valence electrons. The minimum atomic E-state index is -2.21. The van der Waals surface area contributed by atoms with Gasteiger partial charge in [0.05, 0.1) is 6.54 Å². The number of nitrogens with one attached hydrogen (secondary N) is 1. The van der Waals surface area contributed by atoms with Gasteiger partial charge in [0.1, 0.15) is 0 Å². The molecule has 2 aliphatic rings. The standard InChI is InChI=1S/C12H22F2N2/c1-10-4-7-15-12(5-2-3-6-12)9-16(10)8-11(13)14/h10-11,15H,2-9H2,1H3. The molecule has 1 saturated carbocycles.